The number of hydrogen-bond acceptors (Lipinski definition) is 4. The van der Waals surface area contributed by atoms with E-state index in [0.29, 0.717) is 17.7 Å². The Morgan fingerprint density at radius 1 is 1.60 bits per heavy atom. The molecule has 0 aliphatic heterocycles. The summed E-state index contributed by atoms with van der Waals surface area (Å²) in [5, 5.41) is 4.19. The molecule has 1 heterocycles. The second-order valence-corrected chi connectivity index (χ2v) is 5.42. The lowest BCUT2D eigenvalue weighted by Crippen LogP contribution is -2.28. The Labute approximate surface area is 125 Å². The molecule has 110 valence electrons. The maximum atomic E-state index is 6.22. The first-order chi connectivity index (χ1) is 9.74. The highest BCUT2D eigenvalue weighted by molar-refractivity contribution is 6.31. The summed E-state index contributed by atoms with van der Waals surface area (Å²) in [4.78, 5) is 6.55. The molecule has 0 spiro atoms. The molecule has 1 saturated carbocycles. The van der Waals surface area contributed by atoms with Crippen molar-refractivity contribution < 1.29 is 4.74 Å². The largest absolute Gasteiger partial charge is 0.383 e. The number of nitrogens with zero attached hydrogens (tertiary/aromatic N) is 2. The van der Waals surface area contributed by atoms with Gasteiger partial charge in [-0.3, -0.25) is 0 Å². The summed E-state index contributed by atoms with van der Waals surface area (Å²) in [6.45, 7) is 6.78. The van der Waals surface area contributed by atoms with Gasteiger partial charge in [0.15, 0.2) is 0 Å². The Kier molecular flexibility index (Phi) is 5.83. The third-order valence-electron chi connectivity index (χ3n) is 3.32. The molecule has 0 aromatic carbocycles. The van der Waals surface area contributed by atoms with E-state index in [1.807, 2.05) is 6.08 Å². The Morgan fingerprint density at radius 3 is 3.05 bits per heavy atom. The molecule has 0 amide bonds. The Bertz CT molecular complexity index is 449. The highest BCUT2D eigenvalue weighted by atomic mass is 35.5. The molecule has 0 saturated heterocycles. The normalized spacial score (nSPS) is 14.3. The van der Waals surface area contributed by atoms with Crippen LogP contribution < -0.4 is 10.2 Å². The van der Waals surface area contributed by atoms with Gasteiger partial charge in [-0.2, -0.15) is 0 Å². The van der Waals surface area contributed by atoms with Gasteiger partial charge in [0.05, 0.1) is 11.6 Å². The lowest BCUT2D eigenvalue weighted by atomic mass is 10.2. The molecule has 0 bridgehead atoms. The van der Waals surface area contributed by atoms with Crippen molar-refractivity contribution in [1.29, 1.82) is 0 Å². The number of halogens is 1. The SMILES string of the molecule is C=CCN(CCOC)c1cc(CNC2CC2)c(Cl)cn1. The summed E-state index contributed by atoms with van der Waals surface area (Å²) < 4.78 is 5.14. The zero-order chi connectivity index (χ0) is 14.4. The van der Waals surface area contributed by atoms with E-state index in [0.717, 1.165) is 31.0 Å². The molecule has 5 heteroatoms. The number of methoxy groups -OCH3 is 1. The topological polar surface area (TPSA) is 37.4 Å². The molecule has 20 heavy (non-hydrogen) atoms. The second-order valence-electron chi connectivity index (χ2n) is 5.02. The molecular formula is C15H22ClN3O. The Balaban J connectivity index is 2.07. The van der Waals surface area contributed by atoms with Crippen molar-refractivity contribution in [2.75, 3.05) is 31.7 Å². The summed E-state index contributed by atoms with van der Waals surface area (Å²) >= 11 is 6.22. The maximum absolute atomic E-state index is 6.22. The van der Waals surface area contributed by atoms with E-state index >= 15 is 0 Å². The lowest BCUT2D eigenvalue weighted by molar-refractivity contribution is 0.205. The van der Waals surface area contributed by atoms with Gasteiger partial charge < -0.3 is 15.0 Å². The lowest BCUT2D eigenvalue weighted by Gasteiger charge is -2.22. The minimum absolute atomic E-state index is 0.661. The van der Waals surface area contributed by atoms with E-state index in [-0.39, 0.29) is 0 Å². The molecule has 1 aliphatic rings. The molecule has 1 fully saturated rings. The van der Waals surface area contributed by atoms with Crippen LogP contribution in [0.4, 0.5) is 5.82 Å². The van der Waals surface area contributed by atoms with Gasteiger partial charge in [0.25, 0.3) is 0 Å². The quantitative estimate of drug-likeness (QED) is 0.711. The minimum atomic E-state index is 0.661. The second kappa shape index (κ2) is 7.62. The minimum Gasteiger partial charge on any atom is -0.383 e. The zero-order valence-electron chi connectivity index (χ0n) is 11.9. The third kappa shape index (κ3) is 4.47. The molecule has 4 nitrogen and oxygen atoms in total. The molecule has 1 aromatic rings. The Morgan fingerprint density at radius 2 is 2.40 bits per heavy atom. The van der Waals surface area contributed by atoms with Crippen LogP contribution in [-0.2, 0) is 11.3 Å². The van der Waals surface area contributed by atoms with Gasteiger partial charge in [-0.25, -0.2) is 4.98 Å². The van der Waals surface area contributed by atoms with Crippen molar-refractivity contribution in [1.82, 2.24) is 10.3 Å². The molecule has 1 aromatic heterocycles. The summed E-state index contributed by atoms with van der Waals surface area (Å²) in [6.07, 6.45) is 6.13. The first kappa shape index (κ1) is 15.3. The molecule has 0 radical (unpaired) electrons. The average molecular weight is 296 g/mol. The number of pyridine rings is 1. The highest BCUT2D eigenvalue weighted by Crippen LogP contribution is 2.23. The van der Waals surface area contributed by atoms with Gasteiger partial charge in [-0.05, 0) is 24.5 Å². The van der Waals surface area contributed by atoms with Gasteiger partial charge in [-0.15, -0.1) is 6.58 Å². The fourth-order valence-corrected chi connectivity index (χ4v) is 2.14. The zero-order valence-corrected chi connectivity index (χ0v) is 12.7. The van der Waals surface area contributed by atoms with Gasteiger partial charge in [0.2, 0.25) is 0 Å². The predicted octanol–water partition coefficient (Wildman–Crippen LogP) is 2.63. The van der Waals surface area contributed by atoms with Gasteiger partial charge in [0, 0.05) is 39.0 Å². The van der Waals surface area contributed by atoms with Crippen LogP contribution in [0.15, 0.2) is 24.9 Å². The van der Waals surface area contributed by atoms with Crippen LogP contribution in [0, 0.1) is 0 Å². The molecule has 0 atom stereocenters. The van der Waals surface area contributed by atoms with Crippen molar-refractivity contribution in [2.45, 2.75) is 25.4 Å². The van der Waals surface area contributed by atoms with Crippen molar-refractivity contribution >= 4 is 17.4 Å². The molecule has 2 rings (SSSR count). The molecular weight excluding hydrogens is 274 g/mol. The summed E-state index contributed by atoms with van der Waals surface area (Å²) in [5.41, 5.74) is 1.09. The number of hydrogen-bond donors (Lipinski definition) is 1. The van der Waals surface area contributed by atoms with E-state index in [1.165, 1.54) is 12.8 Å². The van der Waals surface area contributed by atoms with Crippen molar-refractivity contribution in [3.63, 3.8) is 0 Å². The van der Waals surface area contributed by atoms with E-state index in [4.69, 9.17) is 16.3 Å². The average Bonchev–Trinajstić information content (AvgIpc) is 3.27. The Hall–Kier alpha value is -1.10. The van der Waals surface area contributed by atoms with Gasteiger partial charge in [0.1, 0.15) is 5.82 Å². The monoisotopic (exact) mass is 295 g/mol. The predicted molar refractivity (Wildman–Crippen MR) is 83.4 cm³/mol. The number of ether oxygens (including phenoxy) is 1. The van der Waals surface area contributed by atoms with E-state index < -0.39 is 0 Å². The number of anilines is 1. The van der Waals surface area contributed by atoms with Crippen LogP contribution in [0.2, 0.25) is 5.02 Å². The standard InChI is InChI=1S/C15H22ClN3O/c1-3-6-19(7-8-20-2)15-9-12(14(16)11-18-15)10-17-13-4-5-13/h3,9,11,13,17H,1,4-8,10H2,2H3. The summed E-state index contributed by atoms with van der Waals surface area (Å²) in [5.74, 6) is 0.916. The van der Waals surface area contributed by atoms with Crippen molar-refractivity contribution in [2.24, 2.45) is 0 Å². The molecule has 0 unspecified atom stereocenters. The van der Waals surface area contributed by atoms with Crippen molar-refractivity contribution in [3.05, 3.63) is 35.5 Å². The molecule has 1 N–H and O–H groups in total. The summed E-state index contributed by atoms with van der Waals surface area (Å²) in [7, 11) is 1.70. The smallest absolute Gasteiger partial charge is 0.129 e. The van der Waals surface area contributed by atoms with E-state index in [9.17, 15) is 0 Å². The van der Waals surface area contributed by atoms with Crippen LogP contribution in [0.25, 0.3) is 0 Å². The first-order valence-corrected chi connectivity index (χ1v) is 7.35. The van der Waals surface area contributed by atoms with Crippen LogP contribution in [0.1, 0.15) is 18.4 Å². The number of nitrogens with one attached hydrogen (secondary N) is 1. The van der Waals surface area contributed by atoms with E-state index in [1.54, 1.807) is 13.3 Å². The number of rotatable bonds is 9. The number of aromatic nitrogens is 1. The van der Waals surface area contributed by atoms with Crippen LogP contribution in [0.3, 0.4) is 0 Å². The first-order valence-electron chi connectivity index (χ1n) is 6.97. The molecule has 1 aliphatic carbocycles. The van der Waals surface area contributed by atoms with Gasteiger partial charge in [-0.1, -0.05) is 17.7 Å². The van der Waals surface area contributed by atoms with Crippen LogP contribution in [-0.4, -0.2) is 37.8 Å². The maximum Gasteiger partial charge on any atom is 0.129 e. The summed E-state index contributed by atoms with van der Waals surface area (Å²) in [6, 6.07) is 2.72. The van der Waals surface area contributed by atoms with E-state index in [2.05, 4.69) is 27.8 Å². The highest BCUT2D eigenvalue weighted by Gasteiger charge is 2.20. The van der Waals surface area contributed by atoms with Crippen LogP contribution >= 0.6 is 11.6 Å². The van der Waals surface area contributed by atoms with Crippen molar-refractivity contribution in [3.8, 4) is 0 Å². The third-order valence-corrected chi connectivity index (χ3v) is 3.66. The fourth-order valence-electron chi connectivity index (χ4n) is 1.97. The van der Waals surface area contributed by atoms with Crippen LogP contribution in [0.5, 0.6) is 0 Å². The fraction of sp³-hybridized carbons (Fsp3) is 0.533. The van der Waals surface area contributed by atoms with Gasteiger partial charge >= 0.3 is 0 Å².